The van der Waals surface area contributed by atoms with Gasteiger partial charge in [-0.25, -0.2) is 0 Å². The van der Waals surface area contributed by atoms with E-state index in [1.165, 1.54) is 29.7 Å². The Hall–Kier alpha value is -1.54. The molecule has 0 spiro atoms. The second-order valence-corrected chi connectivity index (χ2v) is 6.15. The maximum absolute atomic E-state index is 12.7. The predicted molar refractivity (Wildman–Crippen MR) is 84.7 cm³/mol. The summed E-state index contributed by atoms with van der Waals surface area (Å²) in [5.41, 5.74) is 2.90. The molecule has 3 rings (SSSR count). The van der Waals surface area contributed by atoms with Gasteiger partial charge in [-0.3, -0.25) is 4.79 Å². The van der Waals surface area contributed by atoms with E-state index in [9.17, 15) is 4.79 Å². The van der Waals surface area contributed by atoms with Crippen molar-refractivity contribution in [1.82, 2.24) is 0 Å². The zero-order valence-corrected chi connectivity index (χ0v) is 12.5. The van der Waals surface area contributed by atoms with Crippen LogP contribution in [-0.2, 0) is 0 Å². The first-order valence-electron chi connectivity index (χ1n) is 7.07. The standard InChI is InChI=1S/C18H18OS/c1-20-15-11-9-14(10-12-15)18(19)17-8-3-2-7-16(17)13-5-4-6-13/h2-3,7-13H,4-6H2,1H3. The number of hydrogen-bond acceptors (Lipinski definition) is 2. The van der Waals surface area contributed by atoms with Gasteiger partial charge in [0, 0.05) is 16.0 Å². The van der Waals surface area contributed by atoms with Crippen LogP contribution in [0, 0.1) is 0 Å². The van der Waals surface area contributed by atoms with Crippen LogP contribution < -0.4 is 0 Å². The van der Waals surface area contributed by atoms with Gasteiger partial charge in [0.15, 0.2) is 5.78 Å². The lowest BCUT2D eigenvalue weighted by Gasteiger charge is -2.27. The molecule has 1 aliphatic rings. The molecule has 1 aliphatic carbocycles. The number of thioether (sulfide) groups is 1. The van der Waals surface area contributed by atoms with Crippen molar-refractivity contribution in [3.05, 3.63) is 65.2 Å². The average molecular weight is 282 g/mol. The molecule has 1 saturated carbocycles. The number of carbonyl (C=O) groups excluding carboxylic acids is 1. The average Bonchev–Trinajstić information content (AvgIpc) is 2.45. The van der Waals surface area contributed by atoms with Crippen molar-refractivity contribution in [3.8, 4) is 0 Å². The summed E-state index contributed by atoms with van der Waals surface area (Å²) in [7, 11) is 0. The van der Waals surface area contributed by atoms with Crippen molar-refractivity contribution in [2.45, 2.75) is 30.1 Å². The van der Waals surface area contributed by atoms with Gasteiger partial charge < -0.3 is 0 Å². The lowest BCUT2D eigenvalue weighted by atomic mass is 9.77. The van der Waals surface area contributed by atoms with Crippen LogP contribution in [0.5, 0.6) is 0 Å². The fraction of sp³-hybridized carbons (Fsp3) is 0.278. The summed E-state index contributed by atoms with van der Waals surface area (Å²) in [4.78, 5) is 13.9. The maximum atomic E-state index is 12.7. The Morgan fingerprint density at radius 2 is 1.75 bits per heavy atom. The Morgan fingerprint density at radius 1 is 1.05 bits per heavy atom. The van der Waals surface area contributed by atoms with Crippen molar-refractivity contribution in [2.75, 3.05) is 6.26 Å². The molecule has 2 heteroatoms. The zero-order valence-electron chi connectivity index (χ0n) is 11.6. The third-order valence-electron chi connectivity index (χ3n) is 4.10. The van der Waals surface area contributed by atoms with Gasteiger partial charge in [-0.15, -0.1) is 11.8 Å². The number of hydrogen-bond donors (Lipinski definition) is 0. The van der Waals surface area contributed by atoms with Crippen molar-refractivity contribution in [2.24, 2.45) is 0 Å². The van der Waals surface area contributed by atoms with Gasteiger partial charge in [0.05, 0.1) is 0 Å². The molecule has 2 aromatic rings. The number of carbonyl (C=O) groups is 1. The molecule has 0 unspecified atom stereocenters. The van der Waals surface area contributed by atoms with Crippen LogP contribution in [0.1, 0.15) is 46.7 Å². The van der Waals surface area contributed by atoms with Gasteiger partial charge >= 0.3 is 0 Å². The predicted octanol–water partition coefficient (Wildman–Crippen LogP) is 4.91. The van der Waals surface area contributed by atoms with E-state index in [4.69, 9.17) is 0 Å². The smallest absolute Gasteiger partial charge is 0.193 e. The molecule has 0 amide bonds. The fourth-order valence-corrected chi connectivity index (χ4v) is 3.09. The normalized spacial score (nSPS) is 14.8. The summed E-state index contributed by atoms with van der Waals surface area (Å²) < 4.78 is 0. The summed E-state index contributed by atoms with van der Waals surface area (Å²) in [6.45, 7) is 0. The van der Waals surface area contributed by atoms with Crippen molar-refractivity contribution in [3.63, 3.8) is 0 Å². The highest BCUT2D eigenvalue weighted by Gasteiger charge is 2.24. The number of rotatable bonds is 4. The Kier molecular flexibility index (Phi) is 3.93. The van der Waals surface area contributed by atoms with E-state index in [2.05, 4.69) is 6.07 Å². The largest absolute Gasteiger partial charge is 0.289 e. The molecule has 0 saturated heterocycles. The minimum absolute atomic E-state index is 0.153. The highest BCUT2D eigenvalue weighted by atomic mass is 32.2. The Labute approximate surface area is 124 Å². The van der Waals surface area contributed by atoms with Gasteiger partial charge in [0.2, 0.25) is 0 Å². The summed E-state index contributed by atoms with van der Waals surface area (Å²) >= 11 is 1.69. The van der Waals surface area contributed by atoms with Crippen molar-refractivity contribution in [1.29, 1.82) is 0 Å². The molecule has 0 aromatic heterocycles. The Morgan fingerprint density at radius 3 is 2.35 bits per heavy atom. The van der Waals surface area contributed by atoms with Crippen LogP contribution in [0.25, 0.3) is 0 Å². The van der Waals surface area contributed by atoms with Crippen LogP contribution in [-0.4, -0.2) is 12.0 Å². The summed E-state index contributed by atoms with van der Waals surface area (Å²) in [5.74, 6) is 0.737. The quantitative estimate of drug-likeness (QED) is 0.585. The van der Waals surface area contributed by atoms with Gasteiger partial charge in [0.1, 0.15) is 0 Å². The molecule has 0 heterocycles. The van der Waals surface area contributed by atoms with Crippen LogP contribution in [0.2, 0.25) is 0 Å². The molecular formula is C18H18OS. The van der Waals surface area contributed by atoms with E-state index in [1.807, 2.05) is 48.7 Å². The molecule has 2 aromatic carbocycles. The molecule has 1 nitrogen and oxygen atoms in total. The van der Waals surface area contributed by atoms with Crippen LogP contribution in [0.15, 0.2) is 53.4 Å². The van der Waals surface area contributed by atoms with Crippen LogP contribution >= 0.6 is 11.8 Å². The zero-order chi connectivity index (χ0) is 13.9. The monoisotopic (exact) mass is 282 g/mol. The lowest BCUT2D eigenvalue weighted by molar-refractivity contribution is 0.103. The van der Waals surface area contributed by atoms with E-state index >= 15 is 0 Å². The van der Waals surface area contributed by atoms with Gasteiger partial charge in [0.25, 0.3) is 0 Å². The second-order valence-electron chi connectivity index (χ2n) is 5.27. The third kappa shape index (κ3) is 2.53. The lowest BCUT2D eigenvalue weighted by Crippen LogP contribution is -2.14. The van der Waals surface area contributed by atoms with Gasteiger partial charge in [-0.2, -0.15) is 0 Å². The summed E-state index contributed by atoms with van der Waals surface area (Å²) in [6.07, 6.45) is 5.77. The Balaban J connectivity index is 1.93. The maximum Gasteiger partial charge on any atom is 0.193 e. The highest BCUT2D eigenvalue weighted by Crippen LogP contribution is 2.38. The number of ketones is 1. The molecule has 0 N–H and O–H groups in total. The molecule has 0 radical (unpaired) electrons. The molecule has 102 valence electrons. The topological polar surface area (TPSA) is 17.1 Å². The first kappa shape index (κ1) is 13.4. The summed E-state index contributed by atoms with van der Waals surface area (Å²) in [5, 5.41) is 0. The molecule has 0 atom stereocenters. The van der Waals surface area contributed by atoms with E-state index in [-0.39, 0.29) is 5.78 Å². The minimum atomic E-state index is 0.153. The third-order valence-corrected chi connectivity index (χ3v) is 4.85. The number of benzene rings is 2. The highest BCUT2D eigenvalue weighted by molar-refractivity contribution is 7.98. The molecular weight excluding hydrogens is 264 g/mol. The first-order valence-corrected chi connectivity index (χ1v) is 8.30. The minimum Gasteiger partial charge on any atom is -0.289 e. The molecule has 0 aliphatic heterocycles. The molecule has 20 heavy (non-hydrogen) atoms. The van der Waals surface area contributed by atoms with E-state index in [0.717, 1.165) is 11.1 Å². The first-order chi connectivity index (χ1) is 9.79. The van der Waals surface area contributed by atoms with Crippen LogP contribution in [0.4, 0.5) is 0 Å². The molecule has 1 fully saturated rings. The van der Waals surface area contributed by atoms with Gasteiger partial charge in [-0.05, 0) is 54.8 Å². The van der Waals surface area contributed by atoms with E-state index in [1.54, 1.807) is 11.8 Å². The van der Waals surface area contributed by atoms with Gasteiger partial charge in [-0.1, -0.05) is 30.7 Å². The molecule has 0 bridgehead atoms. The summed E-state index contributed by atoms with van der Waals surface area (Å²) in [6, 6.07) is 16.0. The van der Waals surface area contributed by atoms with Crippen LogP contribution in [0.3, 0.4) is 0 Å². The fourth-order valence-electron chi connectivity index (χ4n) is 2.68. The second kappa shape index (κ2) is 5.84. The SMILES string of the molecule is CSc1ccc(C(=O)c2ccccc2C2CCC2)cc1. The van der Waals surface area contributed by atoms with E-state index < -0.39 is 0 Å². The Bertz CT molecular complexity index is 612. The van der Waals surface area contributed by atoms with Crippen molar-refractivity contribution >= 4 is 17.5 Å². The van der Waals surface area contributed by atoms with Crippen molar-refractivity contribution < 1.29 is 4.79 Å². The van der Waals surface area contributed by atoms with E-state index in [0.29, 0.717) is 5.92 Å².